The molecular weight excluding hydrogens is 210 g/mol. The predicted octanol–water partition coefficient (Wildman–Crippen LogP) is 2.95. The number of nitrogens with one attached hydrogen (secondary N) is 1. The summed E-state index contributed by atoms with van der Waals surface area (Å²) in [4.78, 5) is 11.2. The lowest BCUT2D eigenvalue weighted by Crippen LogP contribution is -2.31. The summed E-state index contributed by atoms with van der Waals surface area (Å²) in [6.45, 7) is 4.82. The Balaban J connectivity index is 2.08. The third-order valence-corrected chi connectivity index (χ3v) is 3.55. The Morgan fingerprint density at radius 3 is 2.53 bits per heavy atom. The largest absolute Gasteiger partial charge is 0.355 e. The predicted molar refractivity (Wildman–Crippen MR) is 64.1 cm³/mol. The lowest BCUT2D eigenvalue weighted by molar-refractivity contribution is -0.120. The Hall–Kier alpha value is -0.240. The number of rotatable bonds is 4. The van der Waals surface area contributed by atoms with Gasteiger partial charge in [-0.15, -0.1) is 11.6 Å². The van der Waals surface area contributed by atoms with Crippen LogP contribution in [-0.2, 0) is 4.79 Å². The SMILES string of the molecule is CC1CCC(CCNC(=O)C(C)Cl)CC1. The van der Waals surface area contributed by atoms with Gasteiger partial charge < -0.3 is 5.32 Å². The molecule has 1 amide bonds. The van der Waals surface area contributed by atoms with Crippen LogP contribution in [0, 0.1) is 11.8 Å². The van der Waals surface area contributed by atoms with E-state index in [0.29, 0.717) is 0 Å². The molecule has 1 rings (SSSR count). The van der Waals surface area contributed by atoms with Crippen molar-refractivity contribution in [2.24, 2.45) is 11.8 Å². The number of alkyl halides is 1. The molecule has 1 aliphatic carbocycles. The van der Waals surface area contributed by atoms with E-state index in [1.807, 2.05) is 0 Å². The van der Waals surface area contributed by atoms with Gasteiger partial charge in [-0.2, -0.15) is 0 Å². The number of carbonyl (C=O) groups excluding carboxylic acids is 1. The summed E-state index contributed by atoms with van der Waals surface area (Å²) in [5.41, 5.74) is 0. The van der Waals surface area contributed by atoms with Crippen LogP contribution >= 0.6 is 11.6 Å². The lowest BCUT2D eigenvalue weighted by Gasteiger charge is -2.26. The maximum atomic E-state index is 11.2. The molecule has 0 bridgehead atoms. The van der Waals surface area contributed by atoms with Gasteiger partial charge in [-0.25, -0.2) is 0 Å². The normalized spacial score (nSPS) is 28.5. The van der Waals surface area contributed by atoms with Crippen LogP contribution in [0.1, 0.15) is 46.0 Å². The molecule has 3 heteroatoms. The standard InChI is InChI=1S/C12H22ClNO/c1-9-3-5-11(6-4-9)7-8-14-12(15)10(2)13/h9-11H,3-8H2,1-2H3,(H,14,15). The van der Waals surface area contributed by atoms with Crippen molar-refractivity contribution in [3.05, 3.63) is 0 Å². The Kier molecular flexibility index (Phi) is 5.44. The van der Waals surface area contributed by atoms with Crippen molar-refractivity contribution in [1.82, 2.24) is 5.32 Å². The van der Waals surface area contributed by atoms with Gasteiger partial charge in [0.1, 0.15) is 5.38 Å². The lowest BCUT2D eigenvalue weighted by atomic mass is 9.81. The number of hydrogen-bond acceptors (Lipinski definition) is 1. The van der Waals surface area contributed by atoms with E-state index in [1.165, 1.54) is 25.7 Å². The van der Waals surface area contributed by atoms with Crippen molar-refractivity contribution in [2.75, 3.05) is 6.54 Å². The topological polar surface area (TPSA) is 29.1 Å². The molecular formula is C12H22ClNO. The highest BCUT2D eigenvalue weighted by Crippen LogP contribution is 2.29. The van der Waals surface area contributed by atoms with Crippen LogP contribution in [0.4, 0.5) is 0 Å². The molecule has 0 aromatic heterocycles. The van der Waals surface area contributed by atoms with Crippen LogP contribution in [0.3, 0.4) is 0 Å². The van der Waals surface area contributed by atoms with E-state index >= 15 is 0 Å². The average molecular weight is 232 g/mol. The first-order valence-electron chi connectivity index (χ1n) is 6.01. The van der Waals surface area contributed by atoms with Gasteiger partial charge in [0.05, 0.1) is 0 Å². The monoisotopic (exact) mass is 231 g/mol. The number of carbonyl (C=O) groups is 1. The first-order valence-corrected chi connectivity index (χ1v) is 6.45. The zero-order valence-electron chi connectivity index (χ0n) is 9.76. The van der Waals surface area contributed by atoms with E-state index in [9.17, 15) is 4.79 Å². The molecule has 0 saturated heterocycles. The van der Waals surface area contributed by atoms with Gasteiger partial charge in [0, 0.05) is 6.54 Å². The fraction of sp³-hybridized carbons (Fsp3) is 0.917. The minimum absolute atomic E-state index is 0.0409. The van der Waals surface area contributed by atoms with Gasteiger partial charge in [0.25, 0.3) is 0 Å². The van der Waals surface area contributed by atoms with Gasteiger partial charge in [-0.1, -0.05) is 32.6 Å². The summed E-state index contributed by atoms with van der Waals surface area (Å²) in [7, 11) is 0. The maximum absolute atomic E-state index is 11.2. The average Bonchev–Trinajstić information content (AvgIpc) is 2.20. The molecule has 0 radical (unpaired) electrons. The highest BCUT2D eigenvalue weighted by atomic mass is 35.5. The summed E-state index contributed by atoms with van der Waals surface area (Å²) in [5.74, 6) is 1.67. The minimum atomic E-state index is -0.406. The quantitative estimate of drug-likeness (QED) is 0.741. The molecule has 0 aromatic rings. The Morgan fingerprint density at radius 2 is 2.00 bits per heavy atom. The molecule has 0 aromatic carbocycles. The molecule has 0 aliphatic heterocycles. The fourth-order valence-electron chi connectivity index (χ4n) is 2.16. The van der Waals surface area contributed by atoms with Gasteiger partial charge in [-0.05, 0) is 25.2 Å². The Labute approximate surface area is 97.8 Å². The third-order valence-electron chi connectivity index (χ3n) is 3.35. The first-order chi connectivity index (χ1) is 7.09. The molecule has 1 atom stereocenters. The van der Waals surface area contributed by atoms with E-state index in [4.69, 9.17) is 11.6 Å². The first kappa shape index (κ1) is 12.8. The molecule has 88 valence electrons. The maximum Gasteiger partial charge on any atom is 0.237 e. The van der Waals surface area contributed by atoms with E-state index < -0.39 is 5.38 Å². The third kappa shape index (κ3) is 4.87. The summed E-state index contributed by atoms with van der Waals surface area (Å²) >= 11 is 5.66. The van der Waals surface area contributed by atoms with E-state index in [2.05, 4.69) is 12.2 Å². The Bertz CT molecular complexity index is 198. The number of amides is 1. The van der Waals surface area contributed by atoms with Crippen LogP contribution < -0.4 is 5.32 Å². The molecule has 0 heterocycles. The number of halogens is 1. The zero-order valence-corrected chi connectivity index (χ0v) is 10.5. The van der Waals surface area contributed by atoms with Gasteiger partial charge in [0.2, 0.25) is 5.91 Å². The number of hydrogen-bond donors (Lipinski definition) is 1. The minimum Gasteiger partial charge on any atom is -0.355 e. The fourth-order valence-corrected chi connectivity index (χ4v) is 2.24. The van der Waals surface area contributed by atoms with Crippen LogP contribution in [-0.4, -0.2) is 17.8 Å². The Morgan fingerprint density at radius 1 is 1.40 bits per heavy atom. The second kappa shape index (κ2) is 6.37. The van der Waals surface area contributed by atoms with Crippen molar-refractivity contribution in [3.8, 4) is 0 Å². The summed E-state index contributed by atoms with van der Waals surface area (Å²) in [6.07, 6.45) is 6.47. The second-order valence-corrected chi connectivity index (χ2v) is 5.48. The van der Waals surface area contributed by atoms with Gasteiger partial charge >= 0.3 is 0 Å². The van der Waals surface area contributed by atoms with E-state index in [0.717, 1.165) is 24.8 Å². The summed E-state index contributed by atoms with van der Waals surface area (Å²) < 4.78 is 0. The smallest absolute Gasteiger partial charge is 0.237 e. The van der Waals surface area contributed by atoms with Gasteiger partial charge in [0.15, 0.2) is 0 Å². The van der Waals surface area contributed by atoms with Crippen molar-refractivity contribution >= 4 is 17.5 Å². The van der Waals surface area contributed by atoms with E-state index in [1.54, 1.807) is 6.92 Å². The summed E-state index contributed by atoms with van der Waals surface area (Å²) in [6, 6.07) is 0. The highest BCUT2D eigenvalue weighted by Gasteiger charge is 2.18. The molecule has 1 unspecified atom stereocenters. The highest BCUT2D eigenvalue weighted by molar-refractivity contribution is 6.30. The molecule has 15 heavy (non-hydrogen) atoms. The summed E-state index contributed by atoms with van der Waals surface area (Å²) in [5, 5.41) is 2.46. The van der Waals surface area contributed by atoms with Crippen LogP contribution in [0.2, 0.25) is 0 Å². The molecule has 1 saturated carbocycles. The van der Waals surface area contributed by atoms with Crippen LogP contribution in [0.5, 0.6) is 0 Å². The molecule has 2 nitrogen and oxygen atoms in total. The molecule has 1 aliphatic rings. The van der Waals surface area contributed by atoms with Gasteiger partial charge in [-0.3, -0.25) is 4.79 Å². The van der Waals surface area contributed by atoms with Crippen LogP contribution in [0.25, 0.3) is 0 Å². The van der Waals surface area contributed by atoms with Crippen molar-refractivity contribution < 1.29 is 4.79 Å². The molecule has 0 spiro atoms. The van der Waals surface area contributed by atoms with Crippen molar-refractivity contribution in [1.29, 1.82) is 0 Å². The van der Waals surface area contributed by atoms with E-state index in [-0.39, 0.29) is 5.91 Å². The van der Waals surface area contributed by atoms with Crippen LogP contribution in [0.15, 0.2) is 0 Å². The zero-order chi connectivity index (χ0) is 11.3. The molecule has 1 N–H and O–H groups in total. The van der Waals surface area contributed by atoms with Crippen molar-refractivity contribution in [3.63, 3.8) is 0 Å². The van der Waals surface area contributed by atoms with Crippen molar-refractivity contribution in [2.45, 2.75) is 51.3 Å². The molecule has 1 fully saturated rings. The second-order valence-electron chi connectivity index (χ2n) is 4.82.